The van der Waals surface area contributed by atoms with Gasteiger partial charge in [-0.2, -0.15) is 5.26 Å². The van der Waals surface area contributed by atoms with Gasteiger partial charge < -0.3 is 28.7 Å². The SMILES string of the molecule is CC(C)CCN1C(=NC#N)N(CCC(C)C)[C@H](Cc2ccccc2)[C@H](OCOCC[Si](C)(C)C)[C@@H](OCOCC[Si](C)(C)C)[C@H]1Cc1ccccc1. The minimum Gasteiger partial charge on any atom is -0.356 e. The first-order valence-electron chi connectivity index (χ1n) is 19.6. The summed E-state index contributed by atoms with van der Waals surface area (Å²) in [5, 5.41) is 10.3. The standard InChI is InChI=1S/C42H70N4O4Si2/c1-34(2)21-23-45-38(29-36-17-13-11-14-18-36)40(49-32-47-25-27-51(5,6)7)41(50-33-48-26-28-52(8,9)10)39(30-37-19-15-12-16-20-37)46(24-22-35(3)4)42(45)44-31-43/h11-20,34-35,38-41H,21-30,32-33H2,1-10H3/t38-,39-,40+,41+/m1/s1. The smallest absolute Gasteiger partial charge is 0.213 e. The number of ether oxygens (including phenoxy) is 4. The van der Waals surface area contributed by atoms with Crippen molar-refractivity contribution in [2.45, 2.75) is 129 Å². The van der Waals surface area contributed by atoms with Crippen LogP contribution in [0.5, 0.6) is 0 Å². The zero-order valence-corrected chi connectivity index (χ0v) is 36.1. The molecule has 0 radical (unpaired) electrons. The van der Waals surface area contributed by atoms with Crippen molar-refractivity contribution in [1.82, 2.24) is 9.80 Å². The van der Waals surface area contributed by atoms with Crippen molar-refractivity contribution in [1.29, 1.82) is 5.26 Å². The fraction of sp³-hybridized carbons (Fsp3) is 0.667. The quantitative estimate of drug-likeness (QED) is 0.0514. The normalized spacial score (nSPS) is 20.0. The van der Waals surface area contributed by atoms with Crippen LogP contribution in [-0.2, 0) is 31.8 Å². The maximum atomic E-state index is 10.3. The van der Waals surface area contributed by atoms with Crippen LogP contribution in [0.3, 0.4) is 0 Å². The van der Waals surface area contributed by atoms with Crippen LogP contribution < -0.4 is 0 Å². The number of hydrogen-bond donors (Lipinski definition) is 0. The number of hydrogen-bond acceptors (Lipinski definition) is 6. The van der Waals surface area contributed by atoms with Gasteiger partial charge in [0.05, 0.1) is 12.1 Å². The summed E-state index contributed by atoms with van der Waals surface area (Å²) in [5.41, 5.74) is 2.40. The first kappa shape index (κ1) is 43.9. The van der Waals surface area contributed by atoms with Gasteiger partial charge in [-0.25, -0.2) is 0 Å². The van der Waals surface area contributed by atoms with E-state index in [2.05, 4.69) is 144 Å². The lowest BCUT2D eigenvalue weighted by Gasteiger charge is -2.39. The summed E-state index contributed by atoms with van der Waals surface area (Å²) >= 11 is 0. The van der Waals surface area contributed by atoms with E-state index in [0.29, 0.717) is 43.9 Å². The molecule has 0 saturated carbocycles. The summed E-state index contributed by atoms with van der Waals surface area (Å²) in [6.45, 7) is 26.4. The average Bonchev–Trinajstić information content (AvgIpc) is 3.15. The van der Waals surface area contributed by atoms with Crippen LogP contribution in [0.2, 0.25) is 51.4 Å². The summed E-state index contributed by atoms with van der Waals surface area (Å²) in [4.78, 5) is 9.44. The molecule has 1 fully saturated rings. The number of aliphatic imine (C=N–C) groups is 1. The summed E-state index contributed by atoms with van der Waals surface area (Å²) in [6.07, 6.45) is 4.73. The van der Waals surface area contributed by atoms with Gasteiger partial charge >= 0.3 is 0 Å². The maximum absolute atomic E-state index is 10.3. The topological polar surface area (TPSA) is 79.6 Å². The fourth-order valence-electron chi connectivity index (χ4n) is 6.46. The van der Waals surface area contributed by atoms with Crippen LogP contribution in [0.15, 0.2) is 65.7 Å². The summed E-state index contributed by atoms with van der Waals surface area (Å²) in [5.74, 6) is 1.64. The van der Waals surface area contributed by atoms with E-state index in [-0.39, 0.29) is 25.7 Å². The zero-order valence-electron chi connectivity index (χ0n) is 34.1. The van der Waals surface area contributed by atoms with Gasteiger partial charge in [0.2, 0.25) is 12.2 Å². The first-order chi connectivity index (χ1) is 24.7. The molecule has 8 nitrogen and oxygen atoms in total. The Kier molecular flexibility index (Phi) is 18.6. The monoisotopic (exact) mass is 750 g/mol. The Balaban J connectivity index is 2.22. The molecule has 1 saturated heterocycles. The van der Waals surface area contributed by atoms with E-state index < -0.39 is 28.4 Å². The van der Waals surface area contributed by atoms with Gasteiger partial charge in [-0.05, 0) is 60.7 Å². The third kappa shape index (κ3) is 15.8. The molecule has 1 aliphatic rings. The molecule has 290 valence electrons. The van der Waals surface area contributed by atoms with Crippen LogP contribution in [0.25, 0.3) is 0 Å². The van der Waals surface area contributed by atoms with Gasteiger partial charge in [-0.1, -0.05) is 128 Å². The van der Waals surface area contributed by atoms with E-state index in [0.717, 1.165) is 38.0 Å². The predicted molar refractivity (Wildman–Crippen MR) is 221 cm³/mol. The molecule has 0 N–H and O–H groups in total. The number of benzene rings is 2. The Hall–Kier alpha value is -2.53. The highest BCUT2D eigenvalue weighted by Crippen LogP contribution is 2.32. The van der Waals surface area contributed by atoms with Crippen molar-refractivity contribution in [3.63, 3.8) is 0 Å². The number of guanidine groups is 1. The summed E-state index contributed by atoms with van der Waals surface area (Å²) in [6, 6.07) is 23.0. The second-order valence-electron chi connectivity index (χ2n) is 17.7. The average molecular weight is 751 g/mol. The highest BCUT2D eigenvalue weighted by atomic mass is 28.3. The lowest BCUT2D eigenvalue weighted by molar-refractivity contribution is -0.187. The number of rotatable bonds is 22. The minimum absolute atomic E-state index is 0.170. The predicted octanol–water partition coefficient (Wildman–Crippen LogP) is 9.15. The van der Waals surface area contributed by atoms with E-state index in [9.17, 15) is 5.26 Å². The Bertz CT molecular complexity index is 1250. The molecule has 1 heterocycles. The fourth-order valence-corrected chi connectivity index (χ4v) is 7.97. The van der Waals surface area contributed by atoms with Crippen molar-refractivity contribution in [3.8, 4) is 6.19 Å². The zero-order chi connectivity index (χ0) is 38.1. The van der Waals surface area contributed by atoms with Crippen molar-refractivity contribution in [3.05, 3.63) is 71.8 Å². The van der Waals surface area contributed by atoms with Gasteiger partial charge in [0.15, 0.2) is 0 Å². The van der Waals surface area contributed by atoms with Gasteiger partial charge in [-0.15, -0.1) is 4.99 Å². The molecule has 0 aliphatic carbocycles. The molecule has 1 aliphatic heterocycles. The second kappa shape index (κ2) is 22.0. The molecule has 0 aromatic heterocycles. The molecular weight excluding hydrogens is 681 g/mol. The van der Waals surface area contributed by atoms with E-state index in [4.69, 9.17) is 23.9 Å². The van der Waals surface area contributed by atoms with Crippen LogP contribution in [0, 0.1) is 23.3 Å². The number of nitriles is 1. The molecular formula is C42H70N4O4Si2. The lowest BCUT2D eigenvalue weighted by atomic mass is 9.90. The van der Waals surface area contributed by atoms with Crippen molar-refractivity contribution < 1.29 is 18.9 Å². The van der Waals surface area contributed by atoms with Crippen LogP contribution in [0.4, 0.5) is 0 Å². The Morgan fingerprint density at radius 2 is 1.04 bits per heavy atom. The van der Waals surface area contributed by atoms with Crippen LogP contribution in [-0.4, -0.2) is 96.1 Å². The molecule has 2 aromatic carbocycles. The van der Waals surface area contributed by atoms with Gasteiger partial charge in [0.25, 0.3) is 0 Å². The van der Waals surface area contributed by atoms with Crippen LogP contribution >= 0.6 is 0 Å². The van der Waals surface area contributed by atoms with Gasteiger partial charge in [0.1, 0.15) is 25.8 Å². The first-order valence-corrected chi connectivity index (χ1v) is 27.1. The van der Waals surface area contributed by atoms with E-state index in [1.54, 1.807) is 0 Å². The molecule has 0 bridgehead atoms. The van der Waals surface area contributed by atoms with Gasteiger partial charge in [-0.3, -0.25) is 0 Å². The number of nitrogens with zero attached hydrogens (tertiary/aromatic N) is 4. The molecule has 4 atom stereocenters. The molecule has 0 unspecified atom stereocenters. The van der Waals surface area contributed by atoms with Crippen molar-refractivity contribution >= 4 is 22.1 Å². The second-order valence-corrected chi connectivity index (χ2v) is 29.0. The van der Waals surface area contributed by atoms with Gasteiger partial charge in [0, 0.05) is 42.5 Å². The molecule has 0 amide bonds. The van der Waals surface area contributed by atoms with E-state index in [1.165, 1.54) is 11.1 Å². The Morgan fingerprint density at radius 3 is 1.37 bits per heavy atom. The molecule has 10 heteroatoms. The highest BCUT2D eigenvalue weighted by molar-refractivity contribution is 6.76. The lowest BCUT2D eigenvalue weighted by Crippen LogP contribution is -2.53. The Labute approximate surface area is 318 Å². The van der Waals surface area contributed by atoms with E-state index in [1.807, 2.05) is 0 Å². The largest absolute Gasteiger partial charge is 0.356 e. The molecule has 2 aromatic rings. The molecule has 3 rings (SSSR count). The van der Waals surface area contributed by atoms with Crippen LogP contribution in [0.1, 0.15) is 51.7 Å². The summed E-state index contributed by atoms with van der Waals surface area (Å²) in [7, 11) is -2.57. The highest BCUT2D eigenvalue weighted by Gasteiger charge is 2.48. The third-order valence-electron chi connectivity index (χ3n) is 9.70. The van der Waals surface area contributed by atoms with Crippen molar-refractivity contribution in [2.24, 2.45) is 16.8 Å². The molecule has 0 spiro atoms. The maximum Gasteiger partial charge on any atom is 0.213 e. The minimum atomic E-state index is -1.28. The third-order valence-corrected chi connectivity index (χ3v) is 13.1. The van der Waals surface area contributed by atoms with Crippen molar-refractivity contribution in [2.75, 3.05) is 39.9 Å². The molecule has 52 heavy (non-hydrogen) atoms. The Morgan fingerprint density at radius 1 is 0.654 bits per heavy atom. The summed E-state index contributed by atoms with van der Waals surface area (Å²) < 4.78 is 26.5. The van der Waals surface area contributed by atoms with E-state index >= 15 is 0 Å².